The first-order valence-corrected chi connectivity index (χ1v) is 18.5. The molecule has 0 aromatic rings. The number of unbranched alkanes of at least 4 members (excludes halogenated alkanes) is 9. The molecule has 3 atom stereocenters. The third-order valence-electron chi connectivity index (χ3n) is 7.19. The van der Waals surface area contributed by atoms with E-state index in [1.807, 2.05) is 6.08 Å². The molecule has 0 amide bonds. The number of rotatable bonds is 23. The number of hydrogen-bond donors (Lipinski definition) is 0. The Morgan fingerprint density at radius 2 is 1.60 bits per heavy atom. The first-order valence-electron chi connectivity index (χ1n) is 15.1. The van der Waals surface area contributed by atoms with Gasteiger partial charge in [0, 0.05) is 6.61 Å². The lowest BCUT2D eigenvalue weighted by Gasteiger charge is -2.23. The smallest absolute Gasteiger partial charge is 0.183 e. The van der Waals surface area contributed by atoms with Crippen LogP contribution in [0.1, 0.15) is 116 Å². The summed E-state index contributed by atoms with van der Waals surface area (Å²) in [7, 11) is -1.50. The third kappa shape index (κ3) is 19.2. The molecule has 0 saturated heterocycles. The van der Waals surface area contributed by atoms with Gasteiger partial charge in [0.25, 0.3) is 0 Å². The Labute approximate surface area is 221 Å². The lowest BCUT2D eigenvalue weighted by molar-refractivity contribution is 0.0104. The Hall–Kier alpha value is -0.643. The summed E-state index contributed by atoms with van der Waals surface area (Å²) < 4.78 is 12.5. The average Bonchev–Trinajstić information content (AvgIpc) is 3.27. The van der Waals surface area contributed by atoms with Gasteiger partial charge in [0.15, 0.2) is 8.32 Å². The highest BCUT2D eigenvalue weighted by Crippen LogP contribution is 2.35. The Morgan fingerprint density at radius 3 is 2.37 bits per heavy atom. The van der Waals surface area contributed by atoms with Crippen LogP contribution in [-0.4, -0.2) is 27.6 Å². The molecule has 0 aromatic heterocycles. The van der Waals surface area contributed by atoms with E-state index in [1.54, 1.807) is 0 Å². The van der Waals surface area contributed by atoms with E-state index in [4.69, 9.17) is 9.16 Å². The zero-order valence-corrected chi connectivity index (χ0v) is 25.1. The normalized spacial score (nSPS) is 19.8. The van der Waals surface area contributed by atoms with Gasteiger partial charge in [-0.15, -0.1) is 6.58 Å². The summed E-state index contributed by atoms with van der Waals surface area (Å²) in [4.78, 5) is 0. The van der Waals surface area contributed by atoms with Gasteiger partial charge in [-0.1, -0.05) is 75.8 Å². The van der Waals surface area contributed by atoms with Gasteiger partial charge in [-0.3, -0.25) is 0 Å². The van der Waals surface area contributed by atoms with E-state index in [-0.39, 0.29) is 6.10 Å². The molecule has 0 heterocycles. The molecule has 0 bridgehead atoms. The van der Waals surface area contributed by atoms with Crippen molar-refractivity contribution in [3.8, 4) is 0 Å². The van der Waals surface area contributed by atoms with Crippen LogP contribution in [0.2, 0.25) is 19.6 Å². The summed E-state index contributed by atoms with van der Waals surface area (Å²) in [5.74, 6) is 1.69. The van der Waals surface area contributed by atoms with E-state index in [1.165, 1.54) is 89.9 Å². The SMILES string of the molecule is C=CCCCCCCOC(CCCC=CC[C@H]1CCC[C@@H]1C=CCCCCCC)CO[Si](C)(C)C. The highest BCUT2D eigenvalue weighted by molar-refractivity contribution is 6.69. The van der Waals surface area contributed by atoms with E-state index in [2.05, 4.69) is 57.4 Å². The van der Waals surface area contributed by atoms with Gasteiger partial charge in [0.1, 0.15) is 0 Å². The highest BCUT2D eigenvalue weighted by atomic mass is 28.4. The molecule has 204 valence electrons. The second-order valence-electron chi connectivity index (χ2n) is 11.7. The number of allylic oxidation sites excluding steroid dienone is 5. The lowest BCUT2D eigenvalue weighted by Crippen LogP contribution is -2.31. The molecule has 0 spiro atoms. The van der Waals surface area contributed by atoms with Crippen molar-refractivity contribution in [2.24, 2.45) is 11.8 Å². The zero-order valence-electron chi connectivity index (χ0n) is 24.1. The van der Waals surface area contributed by atoms with Crippen molar-refractivity contribution in [1.82, 2.24) is 0 Å². The molecule has 1 rings (SSSR count). The fourth-order valence-corrected chi connectivity index (χ4v) is 5.66. The molecule has 0 aromatic carbocycles. The molecule has 3 heteroatoms. The van der Waals surface area contributed by atoms with Gasteiger partial charge in [-0.05, 0) is 102 Å². The van der Waals surface area contributed by atoms with Crippen LogP contribution in [0.5, 0.6) is 0 Å². The van der Waals surface area contributed by atoms with Crippen LogP contribution in [0.15, 0.2) is 37.0 Å². The van der Waals surface area contributed by atoms with Gasteiger partial charge >= 0.3 is 0 Å². The molecule has 1 aliphatic rings. The van der Waals surface area contributed by atoms with Gasteiger partial charge in [0.2, 0.25) is 0 Å². The minimum Gasteiger partial charge on any atom is -0.415 e. The van der Waals surface area contributed by atoms with E-state index >= 15 is 0 Å². The first-order chi connectivity index (χ1) is 17.0. The van der Waals surface area contributed by atoms with Gasteiger partial charge in [0.05, 0.1) is 12.7 Å². The summed E-state index contributed by atoms with van der Waals surface area (Å²) in [6.07, 6.45) is 34.0. The van der Waals surface area contributed by atoms with Crippen LogP contribution in [0.25, 0.3) is 0 Å². The van der Waals surface area contributed by atoms with Gasteiger partial charge < -0.3 is 9.16 Å². The van der Waals surface area contributed by atoms with Crippen molar-refractivity contribution in [2.45, 2.75) is 142 Å². The lowest BCUT2D eigenvalue weighted by atomic mass is 9.92. The minimum absolute atomic E-state index is 0.255. The van der Waals surface area contributed by atoms with Crippen molar-refractivity contribution >= 4 is 8.32 Å². The van der Waals surface area contributed by atoms with E-state index in [0.717, 1.165) is 44.3 Å². The maximum atomic E-state index is 6.26. The Morgan fingerprint density at radius 1 is 0.857 bits per heavy atom. The van der Waals surface area contributed by atoms with Crippen LogP contribution >= 0.6 is 0 Å². The summed E-state index contributed by atoms with van der Waals surface area (Å²) in [6.45, 7) is 14.5. The highest BCUT2D eigenvalue weighted by Gasteiger charge is 2.23. The molecular weight excluding hydrogens is 444 g/mol. The third-order valence-corrected chi connectivity index (χ3v) is 8.22. The predicted molar refractivity (Wildman–Crippen MR) is 159 cm³/mol. The molecule has 1 aliphatic carbocycles. The predicted octanol–water partition coefficient (Wildman–Crippen LogP) is 10.4. The fraction of sp³-hybridized carbons (Fsp3) is 0.812. The molecular formula is C32H60O2Si. The molecule has 1 saturated carbocycles. The summed E-state index contributed by atoms with van der Waals surface area (Å²) in [6, 6.07) is 0. The Kier molecular flexibility index (Phi) is 19.8. The van der Waals surface area contributed by atoms with Crippen molar-refractivity contribution in [1.29, 1.82) is 0 Å². The number of ether oxygens (including phenoxy) is 1. The molecule has 0 aliphatic heterocycles. The topological polar surface area (TPSA) is 18.5 Å². The molecule has 1 fully saturated rings. The maximum absolute atomic E-state index is 6.26. The fourth-order valence-electron chi connectivity index (χ4n) is 4.98. The van der Waals surface area contributed by atoms with Gasteiger partial charge in [-0.2, -0.15) is 0 Å². The van der Waals surface area contributed by atoms with Crippen LogP contribution < -0.4 is 0 Å². The van der Waals surface area contributed by atoms with E-state index < -0.39 is 8.32 Å². The molecule has 1 unspecified atom stereocenters. The van der Waals surface area contributed by atoms with Crippen molar-refractivity contribution in [3.63, 3.8) is 0 Å². The number of hydrogen-bond acceptors (Lipinski definition) is 2. The van der Waals surface area contributed by atoms with Crippen molar-refractivity contribution < 1.29 is 9.16 Å². The average molecular weight is 505 g/mol. The molecule has 0 N–H and O–H groups in total. The van der Waals surface area contributed by atoms with Crippen molar-refractivity contribution in [2.75, 3.05) is 13.2 Å². The van der Waals surface area contributed by atoms with Gasteiger partial charge in [-0.25, -0.2) is 0 Å². The first kappa shape index (κ1) is 32.4. The summed E-state index contributed by atoms with van der Waals surface area (Å²) in [5, 5.41) is 0. The second-order valence-corrected chi connectivity index (χ2v) is 16.2. The second kappa shape index (κ2) is 21.4. The Bertz CT molecular complexity index is 548. The standard InChI is InChI=1S/C32H60O2Si/c1-6-8-10-12-14-18-23-30-25-22-26-31(30)24-19-15-16-20-27-32(29-34-35(3,4)5)33-28-21-17-13-11-9-7-2/h7,15,18-19,23,30-32H,2,6,8-14,16-17,20-22,24-29H2,1,3-5H3/t30-,31-,32?/m0/s1. The minimum atomic E-state index is -1.50. The van der Waals surface area contributed by atoms with E-state index in [9.17, 15) is 0 Å². The maximum Gasteiger partial charge on any atom is 0.183 e. The van der Waals surface area contributed by atoms with Crippen molar-refractivity contribution in [3.05, 3.63) is 37.0 Å². The summed E-state index contributed by atoms with van der Waals surface area (Å²) in [5.41, 5.74) is 0. The quantitative estimate of drug-likeness (QED) is 0.0782. The van der Waals surface area contributed by atoms with E-state index in [0.29, 0.717) is 0 Å². The molecule has 2 nitrogen and oxygen atoms in total. The Balaban J connectivity index is 2.26. The zero-order chi connectivity index (χ0) is 25.6. The summed E-state index contributed by atoms with van der Waals surface area (Å²) >= 11 is 0. The van der Waals surface area contributed by atoms with Crippen LogP contribution in [0.4, 0.5) is 0 Å². The van der Waals surface area contributed by atoms with Crippen LogP contribution in [-0.2, 0) is 9.16 Å². The largest absolute Gasteiger partial charge is 0.415 e. The van der Waals surface area contributed by atoms with Crippen LogP contribution in [0, 0.1) is 11.8 Å². The molecule has 0 radical (unpaired) electrons. The molecule has 35 heavy (non-hydrogen) atoms. The van der Waals surface area contributed by atoms with Crippen LogP contribution in [0.3, 0.4) is 0 Å². The monoisotopic (exact) mass is 504 g/mol.